The van der Waals surface area contributed by atoms with Gasteiger partial charge in [0.25, 0.3) is 0 Å². The number of likely N-dealkylation sites (tertiary alicyclic amines) is 1. The minimum absolute atomic E-state index is 0.149. The summed E-state index contributed by atoms with van der Waals surface area (Å²) in [7, 11) is 0. The van der Waals surface area contributed by atoms with Gasteiger partial charge in [0.1, 0.15) is 5.60 Å². The maximum absolute atomic E-state index is 12.0. The number of carbonyl (C=O) groups excluding carboxylic acids is 1. The number of amides is 1. The molecule has 1 aliphatic rings. The Balaban J connectivity index is 2.26. The highest BCUT2D eigenvalue weighted by Gasteiger charge is 2.34. The molecule has 1 N–H and O–H groups in total. The SMILES string of the molecule is C[C@@H](O)CCCCOC1(C)CCN(C(=O)OC(C)(C)C)CC1. The van der Waals surface area contributed by atoms with Gasteiger partial charge in [0.15, 0.2) is 0 Å². The van der Waals surface area contributed by atoms with E-state index in [-0.39, 0.29) is 17.8 Å². The summed E-state index contributed by atoms with van der Waals surface area (Å²) in [5.41, 5.74) is -0.596. The van der Waals surface area contributed by atoms with Crippen molar-refractivity contribution in [2.45, 2.75) is 84.0 Å². The van der Waals surface area contributed by atoms with Crippen molar-refractivity contribution in [1.29, 1.82) is 0 Å². The van der Waals surface area contributed by atoms with Crippen LogP contribution in [0.3, 0.4) is 0 Å². The topological polar surface area (TPSA) is 59.0 Å². The largest absolute Gasteiger partial charge is 0.444 e. The Morgan fingerprint density at radius 1 is 1.27 bits per heavy atom. The van der Waals surface area contributed by atoms with Crippen molar-refractivity contribution >= 4 is 6.09 Å². The van der Waals surface area contributed by atoms with E-state index in [1.807, 2.05) is 27.7 Å². The van der Waals surface area contributed by atoms with Crippen molar-refractivity contribution in [3.8, 4) is 0 Å². The monoisotopic (exact) mass is 315 g/mol. The van der Waals surface area contributed by atoms with Crippen molar-refractivity contribution in [3.05, 3.63) is 0 Å². The highest BCUT2D eigenvalue weighted by molar-refractivity contribution is 5.68. The Hall–Kier alpha value is -0.810. The van der Waals surface area contributed by atoms with E-state index < -0.39 is 5.60 Å². The van der Waals surface area contributed by atoms with Crippen molar-refractivity contribution in [2.75, 3.05) is 19.7 Å². The van der Waals surface area contributed by atoms with Crippen LogP contribution in [0.5, 0.6) is 0 Å². The van der Waals surface area contributed by atoms with Crippen LogP contribution in [-0.2, 0) is 9.47 Å². The van der Waals surface area contributed by atoms with Gasteiger partial charge in [-0.15, -0.1) is 0 Å². The average Bonchev–Trinajstić information content (AvgIpc) is 2.36. The first-order valence-corrected chi connectivity index (χ1v) is 8.41. The lowest BCUT2D eigenvalue weighted by molar-refractivity contribution is -0.0736. The molecule has 1 fully saturated rings. The molecule has 1 heterocycles. The van der Waals surface area contributed by atoms with E-state index in [1.54, 1.807) is 4.90 Å². The van der Waals surface area contributed by atoms with E-state index in [9.17, 15) is 9.90 Å². The summed E-state index contributed by atoms with van der Waals surface area (Å²) in [6.07, 6.45) is 3.99. The zero-order valence-electron chi connectivity index (χ0n) is 14.9. The Bertz CT molecular complexity index is 341. The molecule has 130 valence electrons. The van der Waals surface area contributed by atoms with Crippen LogP contribution in [0.25, 0.3) is 0 Å². The third kappa shape index (κ3) is 7.45. The molecule has 1 rings (SSSR count). The predicted molar refractivity (Wildman–Crippen MR) is 86.9 cm³/mol. The average molecular weight is 315 g/mol. The van der Waals surface area contributed by atoms with Crippen LogP contribution in [-0.4, -0.2) is 53.1 Å². The zero-order chi connectivity index (χ0) is 16.8. The lowest BCUT2D eigenvalue weighted by Gasteiger charge is -2.39. The molecule has 0 unspecified atom stereocenters. The molecule has 1 atom stereocenters. The zero-order valence-corrected chi connectivity index (χ0v) is 14.9. The summed E-state index contributed by atoms with van der Waals surface area (Å²) in [6.45, 7) is 11.7. The minimum Gasteiger partial charge on any atom is -0.444 e. The van der Waals surface area contributed by atoms with Gasteiger partial charge in [0, 0.05) is 19.7 Å². The summed E-state index contributed by atoms with van der Waals surface area (Å²) in [5.74, 6) is 0. The molecule has 0 radical (unpaired) electrons. The summed E-state index contributed by atoms with van der Waals surface area (Å²) < 4.78 is 11.4. The van der Waals surface area contributed by atoms with Gasteiger partial charge in [0.2, 0.25) is 0 Å². The van der Waals surface area contributed by atoms with Crippen LogP contribution < -0.4 is 0 Å². The summed E-state index contributed by atoms with van der Waals surface area (Å²) >= 11 is 0. The van der Waals surface area contributed by atoms with E-state index in [2.05, 4.69) is 6.92 Å². The van der Waals surface area contributed by atoms with Crippen molar-refractivity contribution < 1.29 is 19.4 Å². The van der Waals surface area contributed by atoms with E-state index in [4.69, 9.17) is 9.47 Å². The van der Waals surface area contributed by atoms with Crippen LogP contribution in [0, 0.1) is 0 Å². The molecule has 0 aromatic rings. The molecule has 0 aromatic carbocycles. The van der Waals surface area contributed by atoms with E-state index >= 15 is 0 Å². The molecule has 22 heavy (non-hydrogen) atoms. The quantitative estimate of drug-likeness (QED) is 0.764. The normalized spacial score (nSPS) is 19.8. The molecule has 0 aliphatic carbocycles. The lowest BCUT2D eigenvalue weighted by Crippen LogP contribution is -2.48. The van der Waals surface area contributed by atoms with Gasteiger partial charge in [-0.05, 0) is 66.7 Å². The molecule has 0 saturated carbocycles. The number of ether oxygens (including phenoxy) is 2. The third-order valence-electron chi connectivity index (χ3n) is 3.94. The second-order valence-electron chi connectivity index (χ2n) is 7.61. The van der Waals surface area contributed by atoms with Gasteiger partial charge in [-0.25, -0.2) is 4.79 Å². The van der Waals surface area contributed by atoms with Crippen molar-refractivity contribution in [1.82, 2.24) is 4.90 Å². The summed E-state index contributed by atoms with van der Waals surface area (Å²) in [4.78, 5) is 13.8. The first kappa shape index (κ1) is 19.2. The Morgan fingerprint density at radius 3 is 2.36 bits per heavy atom. The van der Waals surface area contributed by atoms with Gasteiger partial charge in [0.05, 0.1) is 11.7 Å². The Morgan fingerprint density at radius 2 is 1.86 bits per heavy atom. The minimum atomic E-state index is -0.446. The van der Waals surface area contributed by atoms with Gasteiger partial charge in [-0.2, -0.15) is 0 Å². The summed E-state index contributed by atoms with van der Waals surface area (Å²) in [6, 6.07) is 0. The fourth-order valence-electron chi connectivity index (χ4n) is 2.49. The number of piperidine rings is 1. The van der Waals surface area contributed by atoms with Crippen LogP contribution >= 0.6 is 0 Å². The second kappa shape index (κ2) is 8.16. The number of hydrogen-bond donors (Lipinski definition) is 1. The van der Waals surface area contributed by atoms with E-state index in [0.717, 1.165) is 38.7 Å². The van der Waals surface area contributed by atoms with Gasteiger partial charge in [-0.3, -0.25) is 0 Å². The van der Waals surface area contributed by atoms with Crippen LogP contribution in [0.15, 0.2) is 0 Å². The van der Waals surface area contributed by atoms with Crippen LogP contribution in [0.2, 0.25) is 0 Å². The standard InChI is InChI=1S/C17H33NO4/c1-14(19)8-6-7-13-21-17(5)9-11-18(12-10-17)15(20)22-16(2,3)4/h14,19H,6-13H2,1-5H3/t14-/m1/s1. The predicted octanol–water partition coefficient (Wildman–Crippen LogP) is 3.34. The van der Waals surface area contributed by atoms with Crippen molar-refractivity contribution in [2.24, 2.45) is 0 Å². The molecular weight excluding hydrogens is 282 g/mol. The number of rotatable bonds is 6. The lowest BCUT2D eigenvalue weighted by atomic mass is 9.93. The number of aliphatic hydroxyl groups is 1. The van der Waals surface area contributed by atoms with Gasteiger partial charge >= 0.3 is 6.09 Å². The smallest absolute Gasteiger partial charge is 0.410 e. The molecule has 5 nitrogen and oxygen atoms in total. The van der Waals surface area contributed by atoms with Gasteiger partial charge < -0.3 is 19.5 Å². The maximum atomic E-state index is 12.0. The first-order valence-electron chi connectivity index (χ1n) is 8.41. The molecule has 0 bridgehead atoms. The third-order valence-corrected chi connectivity index (χ3v) is 3.94. The summed E-state index contributed by atoms with van der Waals surface area (Å²) in [5, 5.41) is 9.22. The number of nitrogens with zero attached hydrogens (tertiary/aromatic N) is 1. The number of hydrogen-bond acceptors (Lipinski definition) is 4. The van der Waals surface area contributed by atoms with E-state index in [1.165, 1.54) is 0 Å². The highest BCUT2D eigenvalue weighted by atomic mass is 16.6. The number of unbranched alkanes of at least 4 members (excludes halogenated alkanes) is 1. The maximum Gasteiger partial charge on any atom is 0.410 e. The second-order valence-corrected chi connectivity index (χ2v) is 7.61. The Labute approximate surface area is 135 Å². The molecular formula is C17H33NO4. The highest BCUT2D eigenvalue weighted by Crippen LogP contribution is 2.27. The first-order chi connectivity index (χ1) is 10.1. The number of carbonyl (C=O) groups is 1. The van der Waals surface area contributed by atoms with Crippen molar-refractivity contribution in [3.63, 3.8) is 0 Å². The fourth-order valence-corrected chi connectivity index (χ4v) is 2.49. The fraction of sp³-hybridized carbons (Fsp3) is 0.941. The molecule has 0 spiro atoms. The van der Waals surface area contributed by atoms with Crippen LogP contribution in [0.4, 0.5) is 4.79 Å². The number of aliphatic hydroxyl groups excluding tert-OH is 1. The molecule has 1 saturated heterocycles. The molecule has 5 heteroatoms. The molecule has 0 aromatic heterocycles. The van der Waals surface area contributed by atoms with Gasteiger partial charge in [-0.1, -0.05) is 0 Å². The van der Waals surface area contributed by atoms with E-state index in [0.29, 0.717) is 13.1 Å². The van der Waals surface area contributed by atoms with Crippen LogP contribution in [0.1, 0.15) is 66.7 Å². The molecule has 1 amide bonds. The Kier molecular flexibility index (Phi) is 7.13. The molecule has 1 aliphatic heterocycles.